The summed E-state index contributed by atoms with van der Waals surface area (Å²) in [6.07, 6.45) is 0. The molecular weight excluding hydrogens is 229 g/mol. The Bertz CT molecular complexity index is 462. The zero-order chi connectivity index (χ0) is 13.0. The number of nitrogens with zero attached hydrogens (tertiary/aromatic N) is 1. The summed E-state index contributed by atoms with van der Waals surface area (Å²) >= 11 is 0. The van der Waals surface area contributed by atoms with Gasteiger partial charge in [0.15, 0.2) is 0 Å². The fourth-order valence-electron chi connectivity index (χ4n) is 1.30. The molecule has 0 heterocycles. The van der Waals surface area contributed by atoms with Gasteiger partial charge in [0.05, 0.1) is 10.5 Å². The molecule has 0 aliphatic carbocycles. The molecule has 0 unspecified atom stereocenters. The Hall–Kier alpha value is -2.02. The van der Waals surface area contributed by atoms with Crippen LogP contribution in [0.3, 0.4) is 0 Å². The van der Waals surface area contributed by atoms with Crippen molar-refractivity contribution in [1.82, 2.24) is 5.32 Å². The van der Waals surface area contributed by atoms with E-state index >= 15 is 0 Å². The van der Waals surface area contributed by atoms with Crippen molar-refractivity contribution in [2.75, 3.05) is 13.1 Å². The Kier molecular flexibility index (Phi) is 4.11. The molecular formula is C10H12FN3O3. The van der Waals surface area contributed by atoms with E-state index in [4.69, 9.17) is 5.73 Å². The molecule has 0 saturated carbocycles. The molecule has 1 rings (SSSR count). The van der Waals surface area contributed by atoms with Crippen LogP contribution in [0, 0.1) is 22.9 Å². The van der Waals surface area contributed by atoms with Gasteiger partial charge in [-0.3, -0.25) is 14.9 Å². The third-order valence-corrected chi connectivity index (χ3v) is 2.12. The van der Waals surface area contributed by atoms with Crippen molar-refractivity contribution in [3.05, 3.63) is 39.2 Å². The van der Waals surface area contributed by atoms with Gasteiger partial charge in [-0.15, -0.1) is 0 Å². The first-order valence-corrected chi connectivity index (χ1v) is 4.90. The van der Waals surface area contributed by atoms with Gasteiger partial charge < -0.3 is 11.1 Å². The lowest BCUT2D eigenvalue weighted by atomic mass is 10.1. The number of rotatable bonds is 4. The van der Waals surface area contributed by atoms with Gasteiger partial charge in [-0.1, -0.05) is 0 Å². The molecule has 1 aromatic rings. The van der Waals surface area contributed by atoms with Crippen molar-refractivity contribution in [2.45, 2.75) is 6.92 Å². The largest absolute Gasteiger partial charge is 0.351 e. The van der Waals surface area contributed by atoms with Crippen molar-refractivity contribution >= 4 is 11.6 Å². The average molecular weight is 241 g/mol. The summed E-state index contributed by atoms with van der Waals surface area (Å²) in [7, 11) is 0. The molecule has 1 aromatic carbocycles. The maximum atomic E-state index is 13.6. The Morgan fingerprint density at radius 1 is 1.59 bits per heavy atom. The van der Waals surface area contributed by atoms with Crippen LogP contribution in [-0.2, 0) is 0 Å². The first kappa shape index (κ1) is 13.0. The van der Waals surface area contributed by atoms with Crippen LogP contribution in [0.25, 0.3) is 0 Å². The highest BCUT2D eigenvalue weighted by molar-refractivity contribution is 5.95. The van der Waals surface area contributed by atoms with Crippen LogP contribution in [0.4, 0.5) is 10.1 Å². The minimum absolute atomic E-state index is 0.0529. The standard InChI is InChI=1S/C10H12FN3O3/c1-6-4-7(14(16)17)5-8(9(6)11)10(15)13-3-2-12/h4-5H,2-3,12H2,1H3,(H,13,15). The molecule has 0 bridgehead atoms. The van der Waals surface area contributed by atoms with E-state index in [1.54, 1.807) is 0 Å². The topological polar surface area (TPSA) is 98.3 Å². The number of nitro benzene ring substituents is 1. The van der Waals surface area contributed by atoms with Gasteiger partial charge in [-0.2, -0.15) is 0 Å². The molecule has 0 atom stereocenters. The number of hydrogen-bond donors (Lipinski definition) is 2. The molecule has 1 amide bonds. The molecule has 17 heavy (non-hydrogen) atoms. The maximum Gasteiger partial charge on any atom is 0.270 e. The van der Waals surface area contributed by atoms with Crippen molar-refractivity contribution < 1.29 is 14.1 Å². The van der Waals surface area contributed by atoms with Gasteiger partial charge in [-0.05, 0) is 12.5 Å². The van der Waals surface area contributed by atoms with Crippen molar-refractivity contribution in [3.8, 4) is 0 Å². The molecule has 0 saturated heterocycles. The number of non-ortho nitro benzene ring substituents is 1. The SMILES string of the molecule is Cc1cc([N+](=O)[O-])cc(C(=O)NCCN)c1F. The van der Waals surface area contributed by atoms with Gasteiger partial charge >= 0.3 is 0 Å². The summed E-state index contributed by atoms with van der Waals surface area (Å²) in [6, 6.07) is 1.99. The number of amides is 1. The number of carbonyl (C=O) groups excluding carboxylic acids is 1. The predicted molar refractivity (Wildman–Crippen MR) is 59.2 cm³/mol. The molecule has 3 N–H and O–H groups in total. The van der Waals surface area contributed by atoms with Gasteiger partial charge in [0.25, 0.3) is 11.6 Å². The number of nitrogens with two attached hydrogens (primary N) is 1. The second kappa shape index (κ2) is 5.35. The van der Waals surface area contributed by atoms with E-state index in [1.165, 1.54) is 6.92 Å². The molecule has 0 spiro atoms. The third kappa shape index (κ3) is 2.97. The van der Waals surface area contributed by atoms with Crippen molar-refractivity contribution in [1.29, 1.82) is 0 Å². The van der Waals surface area contributed by atoms with Crippen LogP contribution >= 0.6 is 0 Å². The van der Waals surface area contributed by atoms with E-state index in [0.717, 1.165) is 12.1 Å². The summed E-state index contributed by atoms with van der Waals surface area (Å²) in [5, 5.41) is 12.9. The molecule has 7 heteroatoms. The number of halogens is 1. The lowest BCUT2D eigenvalue weighted by molar-refractivity contribution is -0.385. The number of hydrogen-bond acceptors (Lipinski definition) is 4. The summed E-state index contributed by atoms with van der Waals surface area (Å²) in [4.78, 5) is 21.4. The molecule has 92 valence electrons. The highest BCUT2D eigenvalue weighted by Gasteiger charge is 2.19. The van der Waals surface area contributed by atoms with E-state index < -0.39 is 16.6 Å². The Morgan fingerprint density at radius 2 is 2.24 bits per heavy atom. The number of nitro groups is 1. The molecule has 0 radical (unpaired) electrons. The fourth-order valence-corrected chi connectivity index (χ4v) is 1.30. The Morgan fingerprint density at radius 3 is 2.76 bits per heavy atom. The Balaban J connectivity index is 3.13. The van der Waals surface area contributed by atoms with Crippen molar-refractivity contribution in [3.63, 3.8) is 0 Å². The lowest BCUT2D eigenvalue weighted by Crippen LogP contribution is -2.29. The first-order chi connectivity index (χ1) is 7.97. The van der Waals surface area contributed by atoms with Crippen LogP contribution in [0.2, 0.25) is 0 Å². The van der Waals surface area contributed by atoms with E-state index in [0.29, 0.717) is 0 Å². The summed E-state index contributed by atoms with van der Waals surface area (Å²) in [5.74, 6) is -1.47. The minimum atomic E-state index is -0.759. The summed E-state index contributed by atoms with van der Waals surface area (Å²) < 4.78 is 13.6. The summed E-state index contributed by atoms with van der Waals surface area (Å²) in [5.41, 5.74) is 4.58. The molecule has 0 aromatic heterocycles. The monoisotopic (exact) mass is 241 g/mol. The van der Waals surface area contributed by atoms with E-state index in [1.807, 2.05) is 0 Å². The van der Waals surface area contributed by atoms with Gasteiger partial charge in [0.2, 0.25) is 0 Å². The zero-order valence-electron chi connectivity index (χ0n) is 9.20. The highest BCUT2D eigenvalue weighted by atomic mass is 19.1. The first-order valence-electron chi connectivity index (χ1n) is 4.90. The molecule has 6 nitrogen and oxygen atoms in total. The molecule has 0 fully saturated rings. The van der Waals surface area contributed by atoms with Crippen LogP contribution in [0.15, 0.2) is 12.1 Å². The number of nitrogens with one attached hydrogen (secondary N) is 1. The van der Waals surface area contributed by atoms with Gasteiger partial charge in [0, 0.05) is 25.2 Å². The quantitative estimate of drug-likeness (QED) is 0.599. The van der Waals surface area contributed by atoms with Crippen LogP contribution < -0.4 is 11.1 Å². The van der Waals surface area contributed by atoms with Gasteiger partial charge in [-0.25, -0.2) is 4.39 Å². The predicted octanol–water partition coefficient (Wildman–Crippen LogP) is 0.731. The van der Waals surface area contributed by atoms with E-state index in [2.05, 4.69) is 5.32 Å². The molecule has 0 aliphatic rings. The van der Waals surface area contributed by atoms with E-state index in [-0.39, 0.29) is 29.9 Å². The average Bonchev–Trinajstić information content (AvgIpc) is 2.29. The second-order valence-electron chi connectivity index (χ2n) is 3.43. The number of benzene rings is 1. The lowest BCUT2D eigenvalue weighted by Gasteiger charge is -2.06. The van der Waals surface area contributed by atoms with Crippen LogP contribution in [0.1, 0.15) is 15.9 Å². The smallest absolute Gasteiger partial charge is 0.270 e. The minimum Gasteiger partial charge on any atom is -0.351 e. The van der Waals surface area contributed by atoms with E-state index in [9.17, 15) is 19.3 Å². The van der Waals surface area contributed by atoms with Gasteiger partial charge in [0.1, 0.15) is 5.82 Å². The molecule has 0 aliphatic heterocycles. The van der Waals surface area contributed by atoms with Crippen LogP contribution in [0.5, 0.6) is 0 Å². The van der Waals surface area contributed by atoms with Crippen LogP contribution in [-0.4, -0.2) is 23.9 Å². The fraction of sp³-hybridized carbons (Fsp3) is 0.300. The normalized spacial score (nSPS) is 10.1. The summed E-state index contributed by atoms with van der Waals surface area (Å²) in [6.45, 7) is 1.75. The Labute approximate surface area is 96.8 Å². The second-order valence-corrected chi connectivity index (χ2v) is 3.43. The zero-order valence-corrected chi connectivity index (χ0v) is 9.20. The third-order valence-electron chi connectivity index (χ3n) is 2.12. The highest BCUT2D eigenvalue weighted by Crippen LogP contribution is 2.20. The van der Waals surface area contributed by atoms with Crippen molar-refractivity contribution in [2.24, 2.45) is 5.73 Å². The number of carbonyl (C=O) groups is 1. The maximum absolute atomic E-state index is 13.6. The number of aryl methyl sites for hydroxylation is 1.